The molecule has 0 radical (unpaired) electrons. The maximum absolute atomic E-state index is 12.9. The van der Waals surface area contributed by atoms with Crippen molar-refractivity contribution >= 4 is 23.4 Å². The lowest BCUT2D eigenvalue weighted by molar-refractivity contribution is -0.123. The highest BCUT2D eigenvalue weighted by molar-refractivity contribution is 6.30. The van der Waals surface area contributed by atoms with Crippen LogP contribution in [0.5, 0.6) is 0 Å². The third kappa shape index (κ3) is 3.86. The number of amides is 2. The number of nitrogens with one attached hydrogen (secondary N) is 1. The van der Waals surface area contributed by atoms with Gasteiger partial charge in [-0.05, 0) is 35.9 Å². The van der Waals surface area contributed by atoms with Gasteiger partial charge in [0, 0.05) is 29.2 Å². The monoisotopic (exact) mass is 405 g/mol. The fourth-order valence-corrected chi connectivity index (χ4v) is 3.47. The predicted octanol–water partition coefficient (Wildman–Crippen LogP) is 3.71. The number of benzene rings is 2. The van der Waals surface area contributed by atoms with Crippen LogP contribution in [0.4, 0.5) is 0 Å². The molecule has 1 N–H and O–H groups in total. The quantitative estimate of drug-likeness (QED) is 0.719. The summed E-state index contributed by atoms with van der Waals surface area (Å²) in [5.41, 5.74) is 2.63. The number of nitriles is 1. The first-order valence-electron chi connectivity index (χ1n) is 9.01. The first-order valence-corrected chi connectivity index (χ1v) is 9.39. The second-order valence-corrected chi connectivity index (χ2v) is 7.07. The van der Waals surface area contributed by atoms with Gasteiger partial charge in [0.15, 0.2) is 5.76 Å². The SMILES string of the molecule is N#Cc1cccc(-c2oc(C(=O)N3CCNC(=O)C3)cc2-c2cccc(Cl)c2)c1. The highest BCUT2D eigenvalue weighted by Gasteiger charge is 2.27. The molecule has 1 aliphatic rings. The third-order valence-electron chi connectivity index (χ3n) is 4.66. The lowest BCUT2D eigenvalue weighted by Gasteiger charge is -2.25. The van der Waals surface area contributed by atoms with Crippen molar-refractivity contribution in [1.82, 2.24) is 10.2 Å². The molecule has 1 fully saturated rings. The number of rotatable bonds is 3. The summed E-state index contributed by atoms with van der Waals surface area (Å²) in [6.45, 7) is 0.811. The van der Waals surface area contributed by atoms with Crippen molar-refractivity contribution in [2.24, 2.45) is 0 Å². The molecule has 0 saturated carbocycles. The zero-order valence-electron chi connectivity index (χ0n) is 15.3. The number of nitrogens with zero attached hydrogens (tertiary/aromatic N) is 2. The van der Waals surface area contributed by atoms with Crippen LogP contribution >= 0.6 is 11.6 Å². The van der Waals surface area contributed by atoms with Gasteiger partial charge in [-0.1, -0.05) is 35.9 Å². The summed E-state index contributed by atoms with van der Waals surface area (Å²) in [5.74, 6) is 0.0418. The molecule has 2 amide bonds. The van der Waals surface area contributed by atoms with E-state index in [0.29, 0.717) is 40.6 Å². The van der Waals surface area contributed by atoms with Crippen LogP contribution in [0, 0.1) is 11.3 Å². The van der Waals surface area contributed by atoms with E-state index in [9.17, 15) is 14.9 Å². The second-order valence-electron chi connectivity index (χ2n) is 6.63. The molecule has 144 valence electrons. The summed E-state index contributed by atoms with van der Waals surface area (Å²) in [6.07, 6.45) is 0. The van der Waals surface area contributed by atoms with Crippen LogP contribution in [-0.2, 0) is 4.79 Å². The summed E-state index contributed by atoms with van der Waals surface area (Å²) in [6, 6.07) is 18.0. The molecule has 6 nitrogen and oxygen atoms in total. The summed E-state index contributed by atoms with van der Waals surface area (Å²) in [7, 11) is 0. The van der Waals surface area contributed by atoms with Crippen LogP contribution in [0.2, 0.25) is 5.02 Å². The Balaban J connectivity index is 1.81. The topological polar surface area (TPSA) is 86.3 Å². The largest absolute Gasteiger partial charge is 0.450 e. The van der Waals surface area contributed by atoms with Gasteiger partial charge >= 0.3 is 0 Å². The summed E-state index contributed by atoms with van der Waals surface area (Å²) in [5, 5.41) is 12.5. The molecule has 2 aromatic carbocycles. The second kappa shape index (κ2) is 7.82. The number of piperazine rings is 1. The van der Waals surface area contributed by atoms with Gasteiger partial charge in [0.05, 0.1) is 11.6 Å². The van der Waals surface area contributed by atoms with E-state index in [4.69, 9.17) is 16.0 Å². The lowest BCUT2D eigenvalue weighted by Crippen LogP contribution is -2.49. The molecular formula is C22H16ClN3O3. The molecule has 2 heterocycles. The van der Waals surface area contributed by atoms with Gasteiger partial charge in [0.25, 0.3) is 5.91 Å². The fraction of sp³-hybridized carbons (Fsp3) is 0.136. The minimum absolute atomic E-state index is 0.00865. The summed E-state index contributed by atoms with van der Waals surface area (Å²) < 4.78 is 5.97. The molecule has 7 heteroatoms. The zero-order chi connectivity index (χ0) is 20.4. The van der Waals surface area contributed by atoms with Crippen molar-refractivity contribution in [3.8, 4) is 28.5 Å². The number of halogens is 1. The highest BCUT2D eigenvalue weighted by atomic mass is 35.5. The smallest absolute Gasteiger partial charge is 0.290 e. The fourth-order valence-electron chi connectivity index (χ4n) is 3.28. The van der Waals surface area contributed by atoms with Crippen LogP contribution in [0.3, 0.4) is 0 Å². The van der Waals surface area contributed by atoms with Crippen molar-refractivity contribution in [2.45, 2.75) is 0 Å². The van der Waals surface area contributed by atoms with Crippen molar-refractivity contribution in [3.63, 3.8) is 0 Å². The van der Waals surface area contributed by atoms with E-state index in [2.05, 4.69) is 11.4 Å². The Hall–Kier alpha value is -3.56. The standard InChI is InChI=1S/C22H16ClN3O3/c23-17-6-2-4-15(10-17)18-11-19(22(28)26-8-7-25-20(27)13-26)29-21(18)16-5-1-3-14(9-16)12-24/h1-6,9-11H,7-8,13H2,(H,25,27). The first-order chi connectivity index (χ1) is 14.0. The molecule has 0 unspecified atom stereocenters. The molecule has 4 rings (SSSR count). The van der Waals surface area contributed by atoms with E-state index < -0.39 is 0 Å². The van der Waals surface area contributed by atoms with Gasteiger partial charge in [-0.2, -0.15) is 5.26 Å². The van der Waals surface area contributed by atoms with Gasteiger partial charge in [0.2, 0.25) is 5.91 Å². The van der Waals surface area contributed by atoms with E-state index >= 15 is 0 Å². The van der Waals surface area contributed by atoms with Crippen molar-refractivity contribution < 1.29 is 14.0 Å². The van der Waals surface area contributed by atoms with Crippen molar-refractivity contribution in [1.29, 1.82) is 5.26 Å². The Bertz CT molecular complexity index is 1150. The number of hydrogen-bond donors (Lipinski definition) is 1. The molecule has 29 heavy (non-hydrogen) atoms. The number of hydrogen-bond acceptors (Lipinski definition) is 4. The van der Waals surface area contributed by atoms with Gasteiger partial charge in [0.1, 0.15) is 12.3 Å². The number of furan rings is 1. The van der Waals surface area contributed by atoms with Crippen molar-refractivity contribution in [3.05, 3.63) is 70.9 Å². The summed E-state index contributed by atoms with van der Waals surface area (Å²) >= 11 is 6.15. The first kappa shape index (κ1) is 18.8. The molecule has 0 aliphatic carbocycles. The molecule has 0 bridgehead atoms. The Morgan fingerprint density at radius 2 is 1.93 bits per heavy atom. The Morgan fingerprint density at radius 3 is 2.69 bits per heavy atom. The van der Waals surface area contributed by atoms with Crippen LogP contribution in [0.1, 0.15) is 16.1 Å². The number of carbonyl (C=O) groups is 2. The minimum atomic E-state index is -0.356. The lowest BCUT2D eigenvalue weighted by atomic mass is 10.0. The zero-order valence-corrected chi connectivity index (χ0v) is 16.1. The van der Waals surface area contributed by atoms with Gasteiger partial charge in [-0.25, -0.2) is 0 Å². The molecule has 1 saturated heterocycles. The van der Waals surface area contributed by atoms with Crippen LogP contribution < -0.4 is 5.32 Å². The third-order valence-corrected chi connectivity index (χ3v) is 4.89. The molecular weight excluding hydrogens is 390 g/mol. The molecule has 0 atom stereocenters. The minimum Gasteiger partial charge on any atom is -0.450 e. The molecule has 0 spiro atoms. The average molecular weight is 406 g/mol. The van der Waals surface area contributed by atoms with Crippen LogP contribution in [-0.4, -0.2) is 36.3 Å². The highest BCUT2D eigenvalue weighted by Crippen LogP contribution is 2.36. The molecule has 1 aliphatic heterocycles. The van der Waals surface area contributed by atoms with E-state index in [0.717, 1.165) is 5.56 Å². The van der Waals surface area contributed by atoms with Crippen molar-refractivity contribution in [2.75, 3.05) is 19.6 Å². The Kier molecular flexibility index (Phi) is 5.07. The predicted molar refractivity (Wildman–Crippen MR) is 108 cm³/mol. The van der Waals surface area contributed by atoms with Gasteiger partial charge in [-0.15, -0.1) is 0 Å². The van der Waals surface area contributed by atoms with E-state index in [-0.39, 0.29) is 24.1 Å². The van der Waals surface area contributed by atoms with Gasteiger partial charge < -0.3 is 14.6 Å². The van der Waals surface area contributed by atoms with E-state index in [1.165, 1.54) is 4.90 Å². The normalized spacial score (nSPS) is 13.7. The molecule has 3 aromatic rings. The molecule has 1 aromatic heterocycles. The average Bonchev–Trinajstić information content (AvgIpc) is 3.19. The van der Waals surface area contributed by atoms with E-state index in [1.54, 1.807) is 36.4 Å². The van der Waals surface area contributed by atoms with Gasteiger partial charge in [-0.3, -0.25) is 9.59 Å². The maximum atomic E-state index is 12.9. The van der Waals surface area contributed by atoms with Crippen LogP contribution in [0.25, 0.3) is 22.5 Å². The van der Waals surface area contributed by atoms with Crippen LogP contribution in [0.15, 0.2) is 59.0 Å². The number of carbonyl (C=O) groups excluding carboxylic acids is 2. The van der Waals surface area contributed by atoms with E-state index in [1.807, 2.05) is 18.2 Å². The maximum Gasteiger partial charge on any atom is 0.290 e. The Morgan fingerprint density at radius 1 is 1.14 bits per heavy atom. The summed E-state index contributed by atoms with van der Waals surface area (Å²) in [4.78, 5) is 26.0. The Labute approximate surface area is 172 Å².